The first-order valence-corrected chi connectivity index (χ1v) is 6.50. The van der Waals surface area contributed by atoms with E-state index in [-0.39, 0.29) is 11.7 Å². The van der Waals surface area contributed by atoms with Crippen molar-refractivity contribution in [1.29, 1.82) is 0 Å². The van der Waals surface area contributed by atoms with Gasteiger partial charge in [-0.1, -0.05) is 6.92 Å². The Morgan fingerprint density at radius 3 is 2.79 bits per heavy atom. The summed E-state index contributed by atoms with van der Waals surface area (Å²) in [6.45, 7) is 3.59. The van der Waals surface area contributed by atoms with Crippen LogP contribution in [0.15, 0.2) is 18.2 Å². The van der Waals surface area contributed by atoms with E-state index in [1.807, 2.05) is 6.92 Å². The summed E-state index contributed by atoms with van der Waals surface area (Å²) in [6, 6.07) is 4.24. The molecule has 1 aromatic carbocycles. The molecule has 1 heterocycles. The molecule has 0 aliphatic carbocycles. The van der Waals surface area contributed by atoms with E-state index in [0.29, 0.717) is 23.3 Å². The first-order valence-electron chi connectivity index (χ1n) is 5.97. The lowest BCUT2D eigenvalue weighted by atomic mass is 9.97. The van der Waals surface area contributed by atoms with E-state index in [2.05, 4.69) is 4.98 Å². The van der Waals surface area contributed by atoms with Crippen molar-refractivity contribution >= 4 is 28.5 Å². The van der Waals surface area contributed by atoms with Crippen LogP contribution in [-0.4, -0.2) is 15.5 Å². The summed E-state index contributed by atoms with van der Waals surface area (Å²) in [6.07, 6.45) is 0.495. The molecular weight excluding hydrogens is 269 g/mol. The van der Waals surface area contributed by atoms with Gasteiger partial charge in [0.05, 0.1) is 16.9 Å². The molecule has 0 saturated carbocycles. The minimum Gasteiger partial charge on any atom is -0.368 e. The zero-order valence-corrected chi connectivity index (χ0v) is 11.5. The third-order valence-electron chi connectivity index (χ3n) is 3.52. The van der Waals surface area contributed by atoms with Gasteiger partial charge in [0.2, 0.25) is 5.91 Å². The van der Waals surface area contributed by atoms with Crippen LogP contribution in [0.2, 0.25) is 0 Å². The lowest BCUT2D eigenvalue weighted by Crippen LogP contribution is -2.44. The van der Waals surface area contributed by atoms with Crippen molar-refractivity contribution in [1.82, 2.24) is 9.55 Å². The van der Waals surface area contributed by atoms with Crippen molar-refractivity contribution in [3.63, 3.8) is 0 Å². The Labute approximate surface area is 115 Å². The molecule has 1 aromatic heterocycles. The topological polar surface area (TPSA) is 60.9 Å². The summed E-state index contributed by atoms with van der Waals surface area (Å²) in [5.41, 5.74) is 5.70. The van der Waals surface area contributed by atoms with Gasteiger partial charge in [-0.25, -0.2) is 9.37 Å². The fourth-order valence-corrected chi connectivity index (χ4v) is 2.37. The van der Waals surface area contributed by atoms with Gasteiger partial charge in [-0.3, -0.25) is 4.79 Å². The zero-order valence-electron chi connectivity index (χ0n) is 10.8. The van der Waals surface area contributed by atoms with Gasteiger partial charge in [-0.05, 0) is 25.5 Å². The lowest BCUT2D eigenvalue weighted by Gasteiger charge is -2.28. The minimum atomic E-state index is -0.934. The van der Waals surface area contributed by atoms with Crippen LogP contribution in [0.1, 0.15) is 26.1 Å². The van der Waals surface area contributed by atoms with Gasteiger partial charge in [0.15, 0.2) is 0 Å². The second kappa shape index (κ2) is 4.81. The Balaban J connectivity index is 2.80. The van der Waals surface area contributed by atoms with Gasteiger partial charge in [0.1, 0.15) is 17.2 Å². The summed E-state index contributed by atoms with van der Waals surface area (Å²) in [4.78, 5) is 16.1. The number of nitrogens with zero attached hydrogens (tertiary/aromatic N) is 2. The standard InChI is InChI=1S/C13H15ClFN3O/c1-3-13(2,12(16)19)18-10-5-4-8(15)6-9(10)17-11(18)7-14/h4-6H,3,7H2,1-2H3,(H2,16,19). The second-order valence-corrected chi connectivity index (χ2v) is 4.89. The summed E-state index contributed by atoms with van der Waals surface area (Å²) < 4.78 is 15.0. The molecule has 2 N–H and O–H groups in total. The highest BCUT2D eigenvalue weighted by molar-refractivity contribution is 6.17. The van der Waals surface area contributed by atoms with Crippen LogP contribution in [0.3, 0.4) is 0 Å². The van der Waals surface area contributed by atoms with Crippen molar-refractivity contribution in [2.24, 2.45) is 5.73 Å². The second-order valence-electron chi connectivity index (χ2n) is 4.62. The van der Waals surface area contributed by atoms with Crippen LogP contribution in [0.4, 0.5) is 4.39 Å². The van der Waals surface area contributed by atoms with Crippen LogP contribution < -0.4 is 5.73 Å². The third-order valence-corrected chi connectivity index (χ3v) is 3.76. The average Bonchev–Trinajstić information content (AvgIpc) is 2.75. The molecule has 1 atom stereocenters. The molecule has 1 unspecified atom stereocenters. The summed E-state index contributed by atoms with van der Waals surface area (Å²) in [5, 5.41) is 0. The van der Waals surface area contributed by atoms with Crippen molar-refractivity contribution in [3.8, 4) is 0 Å². The molecule has 2 aromatic rings. The van der Waals surface area contributed by atoms with Gasteiger partial charge in [0.25, 0.3) is 0 Å². The molecule has 0 saturated heterocycles. The van der Waals surface area contributed by atoms with Crippen LogP contribution in [0, 0.1) is 5.82 Å². The number of imidazole rings is 1. The highest BCUT2D eigenvalue weighted by Crippen LogP contribution is 2.29. The van der Waals surface area contributed by atoms with E-state index < -0.39 is 11.4 Å². The number of nitrogens with two attached hydrogens (primary N) is 1. The summed E-state index contributed by atoms with van der Waals surface area (Å²) >= 11 is 5.88. The number of alkyl halides is 1. The number of carbonyl (C=O) groups is 1. The molecule has 0 bridgehead atoms. The van der Waals surface area contributed by atoms with Crippen molar-refractivity contribution in [2.45, 2.75) is 31.7 Å². The van der Waals surface area contributed by atoms with E-state index >= 15 is 0 Å². The number of primary amides is 1. The predicted molar refractivity (Wildman–Crippen MR) is 72.4 cm³/mol. The van der Waals surface area contributed by atoms with Gasteiger partial charge in [-0.15, -0.1) is 11.6 Å². The molecule has 4 nitrogen and oxygen atoms in total. The van der Waals surface area contributed by atoms with E-state index in [9.17, 15) is 9.18 Å². The number of benzene rings is 1. The molecule has 0 aliphatic heterocycles. The third kappa shape index (κ3) is 2.08. The number of rotatable bonds is 4. The molecule has 2 rings (SSSR count). The van der Waals surface area contributed by atoms with E-state index in [1.54, 1.807) is 17.6 Å². The Morgan fingerprint density at radius 1 is 1.58 bits per heavy atom. The van der Waals surface area contributed by atoms with Crippen LogP contribution >= 0.6 is 11.6 Å². The van der Waals surface area contributed by atoms with Crippen molar-refractivity contribution in [2.75, 3.05) is 0 Å². The maximum Gasteiger partial charge on any atom is 0.243 e. The molecule has 0 aliphatic rings. The summed E-state index contributed by atoms with van der Waals surface area (Å²) in [5.74, 6) is -0.218. The van der Waals surface area contributed by atoms with Gasteiger partial charge < -0.3 is 10.3 Å². The fourth-order valence-electron chi connectivity index (χ4n) is 2.19. The molecular formula is C13H15ClFN3O. The highest BCUT2D eigenvalue weighted by Gasteiger charge is 2.34. The molecule has 6 heteroatoms. The van der Waals surface area contributed by atoms with E-state index in [4.69, 9.17) is 17.3 Å². The molecule has 102 valence electrons. The smallest absolute Gasteiger partial charge is 0.243 e. The average molecular weight is 284 g/mol. The number of fused-ring (bicyclic) bond motifs is 1. The normalized spacial score (nSPS) is 14.5. The van der Waals surface area contributed by atoms with Crippen molar-refractivity contribution < 1.29 is 9.18 Å². The van der Waals surface area contributed by atoms with Crippen LogP contribution in [0.25, 0.3) is 11.0 Å². The maximum atomic E-state index is 13.2. The monoisotopic (exact) mass is 283 g/mol. The Kier molecular flexibility index (Phi) is 3.49. The zero-order chi connectivity index (χ0) is 14.2. The molecule has 1 amide bonds. The first-order chi connectivity index (χ1) is 8.93. The van der Waals surface area contributed by atoms with Gasteiger partial charge in [-0.2, -0.15) is 0 Å². The number of hydrogen-bond donors (Lipinski definition) is 1. The van der Waals surface area contributed by atoms with Crippen LogP contribution in [0.5, 0.6) is 0 Å². The molecule has 19 heavy (non-hydrogen) atoms. The SMILES string of the molecule is CCC(C)(C(N)=O)n1c(CCl)nc2cc(F)ccc21. The number of aromatic nitrogens is 2. The highest BCUT2D eigenvalue weighted by atomic mass is 35.5. The number of carbonyl (C=O) groups excluding carboxylic acids is 1. The first kappa shape index (κ1) is 13.8. The lowest BCUT2D eigenvalue weighted by molar-refractivity contribution is -0.125. The quantitative estimate of drug-likeness (QED) is 0.877. The van der Waals surface area contributed by atoms with Gasteiger partial charge >= 0.3 is 0 Å². The Morgan fingerprint density at radius 2 is 2.26 bits per heavy atom. The molecule has 0 spiro atoms. The van der Waals surface area contributed by atoms with Crippen LogP contribution in [-0.2, 0) is 16.2 Å². The van der Waals surface area contributed by atoms with E-state index in [1.165, 1.54) is 12.1 Å². The fraction of sp³-hybridized carbons (Fsp3) is 0.385. The Hall–Kier alpha value is -1.62. The van der Waals surface area contributed by atoms with Crippen molar-refractivity contribution in [3.05, 3.63) is 29.8 Å². The van der Waals surface area contributed by atoms with Gasteiger partial charge in [0, 0.05) is 6.07 Å². The number of halogens is 2. The van der Waals surface area contributed by atoms with E-state index in [0.717, 1.165) is 0 Å². The predicted octanol–water partition coefficient (Wildman–Crippen LogP) is 2.52. The molecule has 0 fully saturated rings. The Bertz CT molecular complexity index is 640. The summed E-state index contributed by atoms with van der Waals surface area (Å²) in [7, 11) is 0. The number of hydrogen-bond acceptors (Lipinski definition) is 2. The molecule has 0 radical (unpaired) electrons. The minimum absolute atomic E-state index is 0.124. The largest absolute Gasteiger partial charge is 0.368 e. The number of amides is 1. The maximum absolute atomic E-state index is 13.2.